The Bertz CT molecular complexity index is 1480. The van der Waals surface area contributed by atoms with Gasteiger partial charge in [-0.3, -0.25) is 4.79 Å². The molecular formula is C25H13BrClFO5. The van der Waals surface area contributed by atoms with E-state index in [1.54, 1.807) is 31.2 Å². The van der Waals surface area contributed by atoms with Crippen LogP contribution in [0.25, 0.3) is 17.0 Å². The fraction of sp³-hybridized carbons (Fsp3) is 0.0400. The predicted octanol–water partition coefficient (Wildman–Crippen LogP) is 7.13. The summed E-state index contributed by atoms with van der Waals surface area (Å²) in [5.74, 6) is -1.35. The van der Waals surface area contributed by atoms with Crippen molar-refractivity contribution in [3.05, 3.63) is 98.1 Å². The fourth-order valence-electron chi connectivity index (χ4n) is 3.59. The maximum absolute atomic E-state index is 14.1. The predicted molar refractivity (Wildman–Crippen MR) is 124 cm³/mol. The van der Waals surface area contributed by atoms with Crippen molar-refractivity contribution in [1.82, 2.24) is 0 Å². The number of furan rings is 1. The summed E-state index contributed by atoms with van der Waals surface area (Å²) in [6, 6.07) is 14.2. The number of ketones is 1. The first-order valence-electron chi connectivity index (χ1n) is 9.74. The number of benzene rings is 3. The average molecular weight is 528 g/mol. The highest BCUT2D eigenvalue weighted by Crippen LogP contribution is 2.38. The Morgan fingerprint density at radius 2 is 1.97 bits per heavy atom. The summed E-state index contributed by atoms with van der Waals surface area (Å²) in [7, 11) is 0. The number of hydrogen-bond donors (Lipinski definition) is 0. The molecule has 0 radical (unpaired) electrons. The lowest BCUT2D eigenvalue weighted by molar-refractivity contribution is 0.0703. The summed E-state index contributed by atoms with van der Waals surface area (Å²) < 4.78 is 31.7. The second kappa shape index (κ2) is 8.17. The largest absolute Gasteiger partial charge is 0.452 e. The molecule has 8 heteroatoms. The molecule has 0 fully saturated rings. The number of ether oxygens (including phenoxy) is 2. The molecule has 4 aromatic rings. The fourth-order valence-corrected chi connectivity index (χ4v) is 4.18. The van der Waals surface area contributed by atoms with E-state index in [1.165, 1.54) is 30.3 Å². The van der Waals surface area contributed by atoms with Crippen LogP contribution in [0.5, 0.6) is 11.5 Å². The molecule has 5 nitrogen and oxygen atoms in total. The second-order valence-electron chi connectivity index (χ2n) is 7.37. The van der Waals surface area contributed by atoms with E-state index < -0.39 is 17.6 Å². The summed E-state index contributed by atoms with van der Waals surface area (Å²) in [5.41, 5.74) is 1.45. The van der Waals surface area contributed by atoms with Crippen LogP contribution in [0.15, 0.2) is 69.2 Å². The van der Waals surface area contributed by atoms with Crippen molar-refractivity contribution in [3.8, 4) is 11.5 Å². The number of hydrogen-bond acceptors (Lipinski definition) is 5. The Balaban J connectivity index is 1.43. The van der Waals surface area contributed by atoms with Crippen molar-refractivity contribution in [2.24, 2.45) is 0 Å². The quantitative estimate of drug-likeness (QED) is 0.161. The zero-order valence-electron chi connectivity index (χ0n) is 16.9. The van der Waals surface area contributed by atoms with Crippen molar-refractivity contribution < 1.29 is 27.9 Å². The molecule has 0 aliphatic carbocycles. The molecule has 0 atom stereocenters. The summed E-state index contributed by atoms with van der Waals surface area (Å²) in [6.07, 6.45) is 1.26. The third-order valence-corrected chi connectivity index (χ3v) is 5.93. The first-order valence-corrected chi connectivity index (χ1v) is 10.9. The van der Waals surface area contributed by atoms with Gasteiger partial charge in [0.1, 0.15) is 22.9 Å². The van der Waals surface area contributed by atoms with E-state index in [9.17, 15) is 14.0 Å². The zero-order valence-corrected chi connectivity index (χ0v) is 19.3. The normalized spacial score (nSPS) is 13.9. The number of rotatable bonds is 3. The summed E-state index contributed by atoms with van der Waals surface area (Å²) >= 11 is 9.43. The van der Waals surface area contributed by atoms with Crippen molar-refractivity contribution in [1.29, 1.82) is 0 Å². The molecule has 0 bridgehead atoms. The van der Waals surface area contributed by atoms with Crippen molar-refractivity contribution in [3.63, 3.8) is 0 Å². The molecule has 1 aliphatic heterocycles. The number of carbonyl (C=O) groups is 2. The Labute approximate surface area is 200 Å². The van der Waals surface area contributed by atoms with E-state index in [1.807, 2.05) is 6.07 Å². The maximum atomic E-state index is 14.1. The summed E-state index contributed by atoms with van der Waals surface area (Å²) in [6.45, 7) is 1.69. The highest BCUT2D eigenvalue weighted by Gasteiger charge is 2.31. The topological polar surface area (TPSA) is 65.7 Å². The van der Waals surface area contributed by atoms with Gasteiger partial charge in [-0.25, -0.2) is 9.18 Å². The Kier molecular flexibility index (Phi) is 5.31. The van der Waals surface area contributed by atoms with Crippen LogP contribution < -0.4 is 9.47 Å². The first kappa shape index (κ1) is 21.4. The van der Waals surface area contributed by atoms with Crippen LogP contribution in [0.2, 0.25) is 5.02 Å². The van der Waals surface area contributed by atoms with Crippen molar-refractivity contribution >= 4 is 56.3 Å². The van der Waals surface area contributed by atoms with Crippen molar-refractivity contribution in [2.75, 3.05) is 0 Å². The Morgan fingerprint density at radius 1 is 1.15 bits per heavy atom. The van der Waals surface area contributed by atoms with Crippen LogP contribution in [0, 0.1) is 12.7 Å². The number of fused-ring (bicyclic) bond motifs is 2. The van der Waals surface area contributed by atoms with Crippen LogP contribution >= 0.6 is 27.5 Å². The van der Waals surface area contributed by atoms with Gasteiger partial charge in [-0.15, -0.1) is 0 Å². The van der Waals surface area contributed by atoms with Crippen LogP contribution in [-0.4, -0.2) is 11.8 Å². The van der Waals surface area contributed by atoms with Gasteiger partial charge in [0.2, 0.25) is 11.5 Å². The monoisotopic (exact) mass is 526 g/mol. The molecule has 0 spiro atoms. The molecule has 1 aromatic heterocycles. The van der Waals surface area contributed by atoms with Gasteiger partial charge in [0, 0.05) is 21.5 Å². The number of halogens is 3. The van der Waals surface area contributed by atoms with E-state index in [0.717, 1.165) is 9.86 Å². The molecule has 0 saturated heterocycles. The molecule has 1 aliphatic rings. The molecule has 0 unspecified atom stereocenters. The Hall–Kier alpha value is -3.42. The van der Waals surface area contributed by atoms with Crippen LogP contribution in [0.1, 0.15) is 32.0 Å². The smallest absolute Gasteiger partial charge is 0.379 e. The van der Waals surface area contributed by atoms with Gasteiger partial charge in [-0.05, 0) is 61.0 Å². The van der Waals surface area contributed by atoms with Gasteiger partial charge < -0.3 is 13.9 Å². The minimum Gasteiger partial charge on any atom is -0.452 e. The first-order chi connectivity index (χ1) is 15.8. The molecule has 0 amide bonds. The van der Waals surface area contributed by atoms with Crippen LogP contribution in [-0.2, 0) is 0 Å². The lowest BCUT2D eigenvalue weighted by Gasteiger charge is -2.06. The molecule has 0 saturated carbocycles. The summed E-state index contributed by atoms with van der Waals surface area (Å²) in [4.78, 5) is 25.5. The minimum absolute atomic E-state index is 0.0352. The molecule has 33 heavy (non-hydrogen) atoms. The molecular weight excluding hydrogens is 515 g/mol. The van der Waals surface area contributed by atoms with Gasteiger partial charge in [0.25, 0.3) is 0 Å². The zero-order chi connectivity index (χ0) is 23.3. The molecule has 0 N–H and O–H groups in total. The standard InChI is InChI=1S/C25H13BrClFO5/c1-12-7-15(31-25(30)22-9-13-8-14(26)5-6-19(13)32-22)10-20-23(12)24(29)21(33-20)11-16-17(27)3-2-4-18(16)28/h2-11H,1H3/b21-11-. The highest BCUT2D eigenvalue weighted by molar-refractivity contribution is 9.10. The molecule has 2 heterocycles. The number of aryl methyl sites for hydroxylation is 1. The van der Waals surface area contributed by atoms with E-state index in [2.05, 4.69) is 15.9 Å². The lowest BCUT2D eigenvalue weighted by Crippen LogP contribution is -2.07. The van der Waals surface area contributed by atoms with Gasteiger partial charge in [-0.2, -0.15) is 0 Å². The van der Waals surface area contributed by atoms with Gasteiger partial charge >= 0.3 is 5.97 Å². The lowest BCUT2D eigenvalue weighted by atomic mass is 10.0. The molecule has 3 aromatic carbocycles. The SMILES string of the molecule is Cc1cc(OC(=O)c2cc3cc(Br)ccc3o2)cc2c1C(=O)/C(=C/c1c(F)cccc1Cl)O2. The van der Waals surface area contributed by atoms with E-state index in [0.29, 0.717) is 16.7 Å². The average Bonchev–Trinajstić information content (AvgIpc) is 3.31. The van der Waals surface area contributed by atoms with E-state index in [-0.39, 0.29) is 33.6 Å². The van der Waals surface area contributed by atoms with Gasteiger partial charge in [0.05, 0.1) is 10.6 Å². The Morgan fingerprint density at radius 3 is 2.76 bits per heavy atom. The van der Waals surface area contributed by atoms with E-state index >= 15 is 0 Å². The third kappa shape index (κ3) is 3.94. The number of esters is 1. The number of Topliss-reactive ketones (excluding diaryl/α,β-unsaturated/α-hetero) is 1. The summed E-state index contributed by atoms with van der Waals surface area (Å²) in [5, 5.41) is 0.899. The van der Waals surface area contributed by atoms with Gasteiger partial charge in [-0.1, -0.05) is 33.6 Å². The maximum Gasteiger partial charge on any atom is 0.379 e. The third-order valence-electron chi connectivity index (χ3n) is 5.11. The second-order valence-corrected chi connectivity index (χ2v) is 8.69. The number of allylic oxidation sites excluding steroid dienone is 1. The molecule has 164 valence electrons. The highest BCUT2D eigenvalue weighted by atomic mass is 79.9. The van der Waals surface area contributed by atoms with Crippen molar-refractivity contribution in [2.45, 2.75) is 6.92 Å². The van der Waals surface area contributed by atoms with Crippen LogP contribution in [0.3, 0.4) is 0 Å². The number of carbonyl (C=O) groups excluding carboxylic acids is 2. The van der Waals surface area contributed by atoms with Crippen LogP contribution in [0.4, 0.5) is 4.39 Å². The minimum atomic E-state index is -0.695. The van der Waals surface area contributed by atoms with E-state index in [4.69, 9.17) is 25.5 Å². The van der Waals surface area contributed by atoms with Gasteiger partial charge in [0.15, 0.2) is 5.76 Å². The molecule has 5 rings (SSSR count).